The molecule has 174 valence electrons. The van der Waals surface area contributed by atoms with Crippen LogP contribution in [-0.2, 0) is 6.42 Å². The van der Waals surface area contributed by atoms with Crippen molar-refractivity contribution in [2.75, 3.05) is 31.1 Å². The molecule has 0 spiro atoms. The number of aryl methyl sites for hydroxylation is 1. The fraction of sp³-hybridized carbons (Fsp3) is 0.308. The second-order valence-electron chi connectivity index (χ2n) is 8.48. The summed E-state index contributed by atoms with van der Waals surface area (Å²) in [6.07, 6.45) is 4.53. The summed E-state index contributed by atoms with van der Waals surface area (Å²) in [6.45, 7) is 5.06. The van der Waals surface area contributed by atoms with Gasteiger partial charge in [-0.3, -0.25) is 4.79 Å². The minimum absolute atomic E-state index is 0.0748. The van der Waals surface area contributed by atoms with Crippen LogP contribution in [0.25, 0.3) is 16.7 Å². The summed E-state index contributed by atoms with van der Waals surface area (Å²) in [5.74, 6) is 1.81. The fourth-order valence-corrected chi connectivity index (χ4v) is 4.64. The van der Waals surface area contributed by atoms with Crippen LogP contribution in [0.5, 0.6) is 0 Å². The molecule has 0 atom stereocenters. The van der Waals surface area contributed by atoms with Gasteiger partial charge in [0.25, 0.3) is 5.91 Å². The predicted molar refractivity (Wildman–Crippen MR) is 138 cm³/mol. The Labute approximate surface area is 207 Å². The highest BCUT2D eigenvalue weighted by atomic mass is 79.9. The summed E-state index contributed by atoms with van der Waals surface area (Å²) >= 11 is 3.44. The van der Waals surface area contributed by atoms with Gasteiger partial charge in [-0.15, -0.1) is 0 Å². The maximum absolute atomic E-state index is 13.1. The van der Waals surface area contributed by atoms with Crippen LogP contribution in [0.3, 0.4) is 0 Å². The fourth-order valence-electron chi connectivity index (χ4n) is 4.38. The minimum Gasteiger partial charge on any atom is -0.354 e. The molecule has 5 rings (SSSR count). The van der Waals surface area contributed by atoms with E-state index in [9.17, 15) is 4.79 Å². The third-order valence-electron chi connectivity index (χ3n) is 6.10. The van der Waals surface area contributed by atoms with E-state index in [1.54, 1.807) is 0 Å². The third kappa shape index (κ3) is 4.55. The number of fused-ring (bicyclic) bond motifs is 1. The number of benzene rings is 2. The monoisotopic (exact) mass is 518 g/mol. The Morgan fingerprint density at radius 1 is 0.971 bits per heavy atom. The molecule has 34 heavy (non-hydrogen) atoms. The Bertz CT molecular complexity index is 1290. The van der Waals surface area contributed by atoms with E-state index in [1.165, 1.54) is 0 Å². The van der Waals surface area contributed by atoms with Crippen molar-refractivity contribution in [2.45, 2.75) is 26.2 Å². The van der Waals surface area contributed by atoms with E-state index in [2.05, 4.69) is 32.9 Å². The van der Waals surface area contributed by atoms with E-state index < -0.39 is 0 Å². The Morgan fingerprint density at radius 3 is 2.53 bits per heavy atom. The summed E-state index contributed by atoms with van der Waals surface area (Å²) < 4.78 is 2.86. The molecular weight excluding hydrogens is 492 g/mol. The summed E-state index contributed by atoms with van der Waals surface area (Å²) in [5.41, 5.74) is 2.52. The number of anilines is 1. The third-order valence-corrected chi connectivity index (χ3v) is 6.63. The minimum atomic E-state index is 0.0748. The maximum atomic E-state index is 13.1. The molecule has 1 saturated heterocycles. The first-order valence-electron chi connectivity index (χ1n) is 11.7. The van der Waals surface area contributed by atoms with Crippen LogP contribution in [0.4, 0.5) is 5.82 Å². The highest BCUT2D eigenvalue weighted by Crippen LogP contribution is 2.27. The summed E-state index contributed by atoms with van der Waals surface area (Å²) in [5, 5.41) is 5.60. The summed E-state index contributed by atoms with van der Waals surface area (Å²) in [6, 6.07) is 17.6. The molecule has 1 aliphatic rings. The zero-order valence-electron chi connectivity index (χ0n) is 19.2. The number of amides is 1. The lowest BCUT2D eigenvalue weighted by Gasteiger charge is -2.24. The van der Waals surface area contributed by atoms with Gasteiger partial charge in [0.1, 0.15) is 11.6 Å². The van der Waals surface area contributed by atoms with E-state index >= 15 is 0 Å². The van der Waals surface area contributed by atoms with Crippen LogP contribution in [0.15, 0.2) is 65.3 Å². The van der Waals surface area contributed by atoms with Crippen LogP contribution in [0.2, 0.25) is 0 Å². The number of hydrogen-bond donors (Lipinski definition) is 0. The molecule has 3 heterocycles. The lowest BCUT2D eigenvalue weighted by atomic mass is 10.2. The number of para-hydroxylation sites is 1. The molecule has 0 bridgehead atoms. The number of nitrogens with zero attached hydrogens (tertiary/aromatic N) is 6. The van der Waals surface area contributed by atoms with Gasteiger partial charge in [0, 0.05) is 42.6 Å². The van der Waals surface area contributed by atoms with Gasteiger partial charge in [-0.1, -0.05) is 41.1 Å². The zero-order valence-corrected chi connectivity index (χ0v) is 20.8. The van der Waals surface area contributed by atoms with Gasteiger partial charge >= 0.3 is 0 Å². The average molecular weight is 519 g/mol. The van der Waals surface area contributed by atoms with E-state index in [0.29, 0.717) is 6.54 Å². The summed E-state index contributed by atoms with van der Waals surface area (Å²) in [7, 11) is 0. The van der Waals surface area contributed by atoms with Gasteiger partial charge in [0.15, 0.2) is 5.65 Å². The largest absolute Gasteiger partial charge is 0.354 e. The normalized spacial score (nSPS) is 14.4. The molecule has 0 unspecified atom stereocenters. The smallest absolute Gasteiger partial charge is 0.253 e. The van der Waals surface area contributed by atoms with Crippen molar-refractivity contribution < 1.29 is 4.79 Å². The number of halogens is 1. The quantitative estimate of drug-likeness (QED) is 0.376. The number of hydrogen-bond acceptors (Lipinski definition) is 5. The van der Waals surface area contributed by atoms with E-state index in [0.717, 1.165) is 77.3 Å². The van der Waals surface area contributed by atoms with Gasteiger partial charge in [-0.2, -0.15) is 5.10 Å². The second kappa shape index (κ2) is 9.93. The van der Waals surface area contributed by atoms with Crippen molar-refractivity contribution >= 4 is 38.7 Å². The van der Waals surface area contributed by atoms with Crippen LogP contribution >= 0.6 is 15.9 Å². The SMILES string of the molecule is CCCc1nc(N2CCCN(C(=O)c3ccc(Br)cc3)CC2)c2cnn(-c3ccccc3)c2n1. The van der Waals surface area contributed by atoms with Crippen LogP contribution < -0.4 is 4.90 Å². The lowest BCUT2D eigenvalue weighted by Crippen LogP contribution is -2.35. The first kappa shape index (κ1) is 22.5. The molecule has 2 aromatic carbocycles. The Kier molecular flexibility index (Phi) is 6.58. The van der Waals surface area contributed by atoms with Gasteiger partial charge in [0.2, 0.25) is 0 Å². The first-order chi connectivity index (χ1) is 16.6. The van der Waals surface area contributed by atoms with Crippen LogP contribution in [0, 0.1) is 0 Å². The van der Waals surface area contributed by atoms with Gasteiger partial charge < -0.3 is 9.80 Å². The predicted octanol–water partition coefficient (Wildman–Crippen LogP) is 4.88. The van der Waals surface area contributed by atoms with Crippen molar-refractivity contribution in [3.8, 4) is 5.69 Å². The summed E-state index contributed by atoms with van der Waals surface area (Å²) in [4.78, 5) is 27.1. The molecule has 1 aliphatic heterocycles. The van der Waals surface area contributed by atoms with Crippen molar-refractivity contribution in [3.05, 3.63) is 76.7 Å². The molecule has 8 heteroatoms. The van der Waals surface area contributed by atoms with E-state index in [-0.39, 0.29) is 5.91 Å². The van der Waals surface area contributed by atoms with Crippen LogP contribution in [-0.4, -0.2) is 56.7 Å². The standard InChI is InChI=1S/C26H27BrN6O/c1-2-7-23-29-24(22-18-28-33(25(22)30-23)21-8-4-3-5-9-21)31-14-6-15-32(17-16-31)26(34)19-10-12-20(27)13-11-19/h3-5,8-13,18H,2,6-7,14-17H2,1H3. The van der Waals surface area contributed by atoms with Crippen LogP contribution in [0.1, 0.15) is 35.9 Å². The highest BCUT2D eigenvalue weighted by molar-refractivity contribution is 9.10. The van der Waals surface area contributed by atoms with E-state index in [4.69, 9.17) is 9.97 Å². The molecule has 0 aliphatic carbocycles. The first-order valence-corrected chi connectivity index (χ1v) is 12.5. The molecular formula is C26H27BrN6O. The number of aromatic nitrogens is 4. The van der Waals surface area contributed by atoms with Crippen molar-refractivity contribution in [1.82, 2.24) is 24.6 Å². The molecule has 0 saturated carbocycles. The van der Waals surface area contributed by atoms with Gasteiger partial charge in [-0.05, 0) is 49.2 Å². The molecule has 0 radical (unpaired) electrons. The topological polar surface area (TPSA) is 67.2 Å². The Morgan fingerprint density at radius 2 is 1.76 bits per heavy atom. The molecule has 0 N–H and O–H groups in total. The molecule has 2 aromatic heterocycles. The van der Waals surface area contributed by atoms with Gasteiger partial charge in [0.05, 0.1) is 17.3 Å². The molecule has 1 amide bonds. The molecule has 7 nitrogen and oxygen atoms in total. The number of rotatable bonds is 5. The maximum Gasteiger partial charge on any atom is 0.253 e. The van der Waals surface area contributed by atoms with Crippen molar-refractivity contribution in [3.63, 3.8) is 0 Å². The Balaban J connectivity index is 1.45. The van der Waals surface area contributed by atoms with E-state index in [1.807, 2.05) is 70.4 Å². The highest BCUT2D eigenvalue weighted by Gasteiger charge is 2.24. The molecule has 4 aromatic rings. The zero-order chi connectivity index (χ0) is 23.5. The van der Waals surface area contributed by atoms with Crippen molar-refractivity contribution in [2.24, 2.45) is 0 Å². The Hall–Kier alpha value is -3.26. The number of carbonyl (C=O) groups excluding carboxylic acids is 1. The molecule has 1 fully saturated rings. The average Bonchev–Trinajstić information content (AvgIpc) is 3.13. The van der Waals surface area contributed by atoms with Gasteiger partial charge in [-0.25, -0.2) is 14.6 Å². The number of carbonyl (C=O) groups is 1. The second-order valence-corrected chi connectivity index (χ2v) is 9.40. The lowest BCUT2D eigenvalue weighted by molar-refractivity contribution is 0.0767. The van der Waals surface area contributed by atoms with Crippen molar-refractivity contribution in [1.29, 1.82) is 0 Å².